The molecule has 0 saturated carbocycles. The number of aryl methyl sites for hydroxylation is 1. The summed E-state index contributed by atoms with van der Waals surface area (Å²) in [6.45, 7) is 4.20. The number of hydrogen-bond acceptors (Lipinski definition) is 2. The summed E-state index contributed by atoms with van der Waals surface area (Å²) in [7, 11) is 0. The third-order valence-electron chi connectivity index (χ3n) is 2.62. The summed E-state index contributed by atoms with van der Waals surface area (Å²) in [6, 6.07) is 7.63. The standard InChI is InChI=1S/C12H13ClN2O/c1-8-12(16)9(2)15(14-8)7-10-5-3-4-6-11(10)13/h3-6,16H,7H2,1-2H3. The summed E-state index contributed by atoms with van der Waals surface area (Å²) >= 11 is 6.07. The molecule has 2 aromatic rings. The zero-order chi connectivity index (χ0) is 11.7. The van der Waals surface area contributed by atoms with Gasteiger partial charge in [-0.05, 0) is 25.5 Å². The molecule has 0 aliphatic heterocycles. The Bertz CT molecular complexity index is 520. The van der Waals surface area contributed by atoms with E-state index in [0.29, 0.717) is 12.2 Å². The van der Waals surface area contributed by atoms with Gasteiger partial charge in [-0.25, -0.2) is 0 Å². The van der Waals surface area contributed by atoms with Crippen molar-refractivity contribution in [2.75, 3.05) is 0 Å². The summed E-state index contributed by atoms with van der Waals surface area (Å²) in [4.78, 5) is 0. The van der Waals surface area contributed by atoms with Crippen molar-refractivity contribution in [3.05, 3.63) is 46.2 Å². The Hall–Kier alpha value is -1.48. The van der Waals surface area contributed by atoms with Gasteiger partial charge in [-0.3, -0.25) is 4.68 Å². The van der Waals surface area contributed by atoms with Crippen LogP contribution in [0.4, 0.5) is 0 Å². The fourth-order valence-corrected chi connectivity index (χ4v) is 1.82. The highest BCUT2D eigenvalue weighted by Crippen LogP contribution is 2.22. The van der Waals surface area contributed by atoms with E-state index < -0.39 is 0 Å². The van der Waals surface area contributed by atoms with Crippen LogP contribution < -0.4 is 0 Å². The molecule has 0 spiro atoms. The highest BCUT2D eigenvalue weighted by molar-refractivity contribution is 6.31. The van der Waals surface area contributed by atoms with E-state index >= 15 is 0 Å². The second-order valence-corrected chi connectivity index (χ2v) is 4.18. The second kappa shape index (κ2) is 4.18. The molecule has 16 heavy (non-hydrogen) atoms. The Morgan fingerprint density at radius 2 is 2.00 bits per heavy atom. The minimum atomic E-state index is 0.257. The molecule has 0 fully saturated rings. The molecule has 0 aliphatic rings. The molecule has 2 rings (SSSR count). The summed E-state index contributed by atoms with van der Waals surface area (Å²) in [5.41, 5.74) is 2.40. The lowest BCUT2D eigenvalue weighted by Crippen LogP contribution is -2.04. The number of nitrogens with zero attached hydrogens (tertiary/aromatic N) is 2. The van der Waals surface area contributed by atoms with Gasteiger partial charge in [0.25, 0.3) is 0 Å². The van der Waals surface area contributed by atoms with Gasteiger partial charge in [0.05, 0.1) is 12.2 Å². The molecule has 1 heterocycles. The fraction of sp³-hybridized carbons (Fsp3) is 0.250. The molecule has 84 valence electrons. The third kappa shape index (κ3) is 1.91. The van der Waals surface area contributed by atoms with Gasteiger partial charge in [0.2, 0.25) is 0 Å². The van der Waals surface area contributed by atoms with Crippen LogP contribution >= 0.6 is 11.6 Å². The topological polar surface area (TPSA) is 38.0 Å². The molecule has 1 aromatic heterocycles. The zero-order valence-corrected chi connectivity index (χ0v) is 9.99. The van der Waals surface area contributed by atoms with Crippen LogP contribution in [0.2, 0.25) is 5.02 Å². The number of halogens is 1. The molecular weight excluding hydrogens is 224 g/mol. The minimum Gasteiger partial charge on any atom is -0.504 e. The molecule has 1 N–H and O–H groups in total. The van der Waals surface area contributed by atoms with Crippen molar-refractivity contribution in [1.29, 1.82) is 0 Å². The predicted octanol–water partition coefficient (Wildman–Crippen LogP) is 2.91. The van der Waals surface area contributed by atoms with Gasteiger partial charge in [-0.1, -0.05) is 29.8 Å². The Labute approximate surface area is 99.3 Å². The van der Waals surface area contributed by atoms with E-state index in [2.05, 4.69) is 5.10 Å². The van der Waals surface area contributed by atoms with Gasteiger partial charge in [0.1, 0.15) is 5.69 Å². The lowest BCUT2D eigenvalue weighted by atomic mass is 10.2. The molecule has 0 unspecified atom stereocenters. The zero-order valence-electron chi connectivity index (χ0n) is 9.24. The van der Waals surface area contributed by atoms with Crippen LogP contribution in [0.5, 0.6) is 5.75 Å². The van der Waals surface area contributed by atoms with Gasteiger partial charge >= 0.3 is 0 Å². The first-order valence-electron chi connectivity index (χ1n) is 5.06. The number of aromatic hydroxyl groups is 1. The summed E-state index contributed by atoms with van der Waals surface area (Å²) in [5, 5.41) is 14.6. The molecule has 4 heteroatoms. The van der Waals surface area contributed by atoms with Crippen LogP contribution in [0.25, 0.3) is 0 Å². The van der Waals surface area contributed by atoms with E-state index in [4.69, 9.17) is 11.6 Å². The quantitative estimate of drug-likeness (QED) is 0.871. The van der Waals surface area contributed by atoms with Crippen LogP contribution in [-0.2, 0) is 6.54 Å². The first kappa shape index (κ1) is 11.0. The fourth-order valence-electron chi connectivity index (χ4n) is 1.63. The first-order valence-corrected chi connectivity index (χ1v) is 5.43. The van der Waals surface area contributed by atoms with E-state index in [1.807, 2.05) is 31.2 Å². The van der Waals surface area contributed by atoms with Gasteiger partial charge < -0.3 is 5.11 Å². The van der Waals surface area contributed by atoms with Crippen LogP contribution in [0.3, 0.4) is 0 Å². The van der Waals surface area contributed by atoms with E-state index in [1.54, 1.807) is 11.6 Å². The molecule has 3 nitrogen and oxygen atoms in total. The SMILES string of the molecule is Cc1nn(Cc2ccccc2Cl)c(C)c1O. The average molecular weight is 237 g/mol. The van der Waals surface area contributed by atoms with Gasteiger partial charge in [0.15, 0.2) is 5.75 Å². The molecule has 0 atom stereocenters. The molecular formula is C12H13ClN2O. The van der Waals surface area contributed by atoms with Crippen molar-refractivity contribution in [3.8, 4) is 5.75 Å². The third-order valence-corrected chi connectivity index (χ3v) is 2.99. The molecule has 0 aliphatic carbocycles. The highest BCUT2D eigenvalue weighted by atomic mass is 35.5. The van der Waals surface area contributed by atoms with Crippen molar-refractivity contribution in [1.82, 2.24) is 9.78 Å². The molecule has 1 aromatic carbocycles. The maximum atomic E-state index is 9.66. The van der Waals surface area contributed by atoms with Gasteiger partial charge in [-0.2, -0.15) is 5.10 Å². The Balaban J connectivity index is 2.34. The van der Waals surface area contributed by atoms with Crippen molar-refractivity contribution in [2.45, 2.75) is 20.4 Å². The Morgan fingerprint density at radius 3 is 2.56 bits per heavy atom. The van der Waals surface area contributed by atoms with E-state index in [9.17, 15) is 5.11 Å². The maximum absolute atomic E-state index is 9.66. The van der Waals surface area contributed by atoms with Crippen LogP contribution in [0.15, 0.2) is 24.3 Å². The number of benzene rings is 1. The van der Waals surface area contributed by atoms with E-state index in [1.165, 1.54) is 0 Å². The van der Waals surface area contributed by atoms with Crippen LogP contribution in [0.1, 0.15) is 17.0 Å². The highest BCUT2D eigenvalue weighted by Gasteiger charge is 2.10. The first-order chi connectivity index (χ1) is 7.59. The Kier molecular flexibility index (Phi) is 2.88. The van der Waals surface area contributed by atoms with Crippen LogP contribution in [0, 0.1) is 13.8 Å². The summed E-state index contributed by atoms with van der Waals surface area (Å²) in [6.07, 6.45) is 0. The smallest absolute Gasteiger partial charge is 0.159 e. The number of hydrogen-bond donors (Lipinski definition) is 1. The molecule has 0 radical (unpaired) electrons. The van der Waals surface area contributed by atoms with Crippen molar-refractivity contribution < 1.29 is 5.11 Å². The molecule has 0 amide bonds. The summed E-state index contributed by atoms with van der Waals surface area (Å²) in [5.74, 6) is 0.257. The van der Waals surface area contributed by atoms with Crippen molar-refractivity contribution in [3.63, 3.8) is 0 Å². The monoisotopic (exact) mass is 236 g/mol. The van der Waals surface area contributed by atoms with Gasteiger partial charge in [0, 0.05) is 5.02 Å². The minimum absolute atomic E-state index is 0.257. The lowest BCUT2D eigenvalue weighted by Gasteiger charge is -2.06. The van der Waals surface area contributed by atoms with Crippen molar-refractivity contribution in [2.24, 2.45) is 0 Å². The largest absolute Gasteiger partial charge is 0.504 e. The predicted molar refractivity (Wildman–Crippen MR) is 63.9 cm³/mol. The van der Waals surface area contributed by atoms with Crippen LogP contribution in [-0.4, -0.2) is 14.9 Å². The van der Waals surface area contributed by atoms with E-state index in [0.717, 1.165) is 16.3 Å². The van der Waals surface area contributed by atoms with Gasteiger partial charge in [-0.15, -0.1) is 0 Å². The normalized spacial score (nSPS) is 10.7. The average Bonchev–Trinajstić information content (AvgIpc) is 2.50. The number of rotatable bonds is 2. The maximum Gasteiger partial charge on any atom is 0.159 e. The summed E-state index contributed by atoms with van der Waals surface area (Å²) < 4.78 is 1.76. The number of aromatic nitrogens is 2. The van der Waals surface area contributed by atoms with E-state index in [-0.39, 0.29) is 5.75 Å². The molecule has 0 saturated heterocycles. The Morgan fingerprint density at radius 1 is 1.31 bits per heavy atom. The van der Waals surface area contributed by atoms with Crippen molar-refractivity contribution >= 4 is 11.6 Å². The second-order valence-electron chi connectivity index (χ2n) is 3.77. The molecule has 0 bridgehead atoms. The lowest BCUT2D eigenvalue weighted by molar-refractivity contribution is 0.465.